The molecule has 0 heterocycles. The SMILES string of the molecule is O=C(COC(=O)CC12C[C@@H]3C[C@H](CC(Br)(C3)C1)C2)NCC1CCCCC1. The van der Waals surface area contributed by atoms with Crippen LogP contribution in [0.1, 0.15) is 77.0 Å². The minimum atomic E-state index is -0.184. The number of carbonyl (C=O) groups excluding carboxylic acids is 2. The monoisotopic (exact) mass is 425 g/mol. The van der Waals surface area contributed by atoms with Gasteiger partial charge in [0.05, 0.1) is 6.42 Å². The Balaban J connectivity index is 1.21. The van der Waals surface area contributed by atoms with Gasteiger partial charge < -0.3 is 10.1 Å². The van der Waals surface area contributed by atoms with Gasteiger partial charge in [-0.3, -0.25) is 9.59 Å². The first-order valence-electron chi connectivity index (χ1n) is 10.5. The van der Waals surface area contributed by atoms with E-state index in [-0.39, 0.29) is 28.2 Å². The zero-order valence-electron chi connectivity index (χ0n) is 15.7. The second kappa shape index (κ2) is 7.44. The Morgan fingerprint density at radius 1 is 1.04 bits per heavy atom. The Kier molecular flexibility index (Phi) is 5.37. The van der Waals surface area contributed by atoms with Crippen molar-refractivity contribution in [2.45, 2.75) is 81.4 Å². The van der Waals surface area contributed by atoms with Gasteiger partial charge in [-0.2, -0.15) is 0 Å². The van der Waals surface area contributed by atoms with Crippen LogP contribution in [0.5, 0.6) is 0 Å². The Labute approximate surface area is 165 Å². The average molecular weight is 426 g/mol. The van der Waals surface area contributed by atoms with Gasteiger partial charge in [-0.1, -0.05) is 35.2 Å². The van der Waals surface area contributed by atoms with Crippen molar-refractivity contribution in [1.29, 1.82) is 0 Å². The summed E-state index contributed by atoms with van der Waals surface area (Å²) in [6.45, 7) is 0.615. The Morgan fingerprint density at radius 3 is 2.38 bits per heavy atom. The number of hydrogen-bond donors (Lipinski definition) is 1. The topological polar surface area (TPSA) is 55.4 Å². The number of nitrogens with one attached hydrogen (secondary N) is 1. The highest BCUT2D eigenvalue weighted by Crippen LogP contribution is 2.65. The van der Waals surface area contributed by atoms with Crippen molar-refractivity contribution in [1.82, 2.24) is 5.32 Å². The fourth-order valence-electron chi connectivity index (χ4n) is 6.75. The average Bonchev–Trinajstić information content (AvgIpc) is 2.56. The summed E-state index contributed by atoms with van der Waals surface area (Å²) in [6, 6.07) is 0. The van der Waals surface area contributed by atoms with Crippen LogP contribution < -0.4 is 5.32 Å². The van der Waals surface area contributed by atoms with E-state index in [2.05, 4.69) is 21.2 Å². The molecule has 5 rings (SSSR count). The highest BCUT2D eigenvalue weighted by atomic mass is 79.9. The number of rotatable bonds is 6. The molecular formula is C21H32BrNO3. The summed E-state index contributed by atoms with van der Waals surface area (Å²) in [7, 11) is 0. The van der Waals surface area contributed by atoms with Crippen LogP contribution >= 0.6 is 15.9 Å². The second-order valence-electron chi connectivity index (χ2n) is 9.76. The molecule has 0 saturated heterocycles. The molecule has 5 aliphatic carbocycles. The molecular weight excluding hydrogens is 394 g/mol. The smallest absolute Gasteiger partial charge is 0.306 e. The molecule has 5 heteroatoms. The number of hydrogen-bond acceptors (Lipinski definition) is 3. The molecule has 0 spiro atoms. The van der Waals surface area contributed by atoms with Gasteiger partial charge in [0.15, 0.2) is 6.61 Å². The highest BCUT2D eigenvalue weighted by molar-refractivity contribution is 9.10. The number of amides is 1. The summed E-state index contributed by atoms with van der Waals surface area (Å²) >= 11 is 3.99. The van der Waals surface area contributed by atoms with Crippen molar-refractivity contribution in [3.63, 3.8) is 0 Å². The van der Waals surface area contributed by atoms with E-state index in [9.17, 15) is 9.59 Å². The number of halogens is 1. The Hall–Kier alpha value is -0.580. The first kappa shape index (κ1) is 18.8. The second-order valence-corrected chi connectivity index (χ2v) is 11.4. The van der Waals surface area contributed by atoms with Crippen LogP contribution in [0.2, 0.25) is 0 Å². The van der Waals surface area contributed by atoms with Crippen LogP contribution in [0.4, 0.5) is 0 Å². The third-order valence-corrected chi connectivity index (χ3v) is 8.23. The molecule has 0 aromatic heterocycles. The highest BCUT2D eigenvalue weighted by Gasteiger charge is 2.57. The van der Waals surface area contributed by atoms with E-state index in [1.165, 1.54) is 64.2 Å². The molecule has 4 nitrogen and oxygen atoms in total. The molecule has 1 amide bonds. The Bertz CT molecular complexity index is 543. The molecule has 5 saturated carbocycles. The fourth-order valence-corrected chi connectivity index (χ4v) is 8.26. The third kappa shape index (κ3) is 4.28. The lowest BCUT2D eigenvalue weighted by atomic mass is 9.49. The fraction of sp³-hybridized carbons (Fsp3) is 0.905. The number of ether oxygens (including phenoxy) is 1. The van der Waals surface area contributed by atoms with Crippen LogP contribution in [0.15, 0.2) is 0 Å². The predicted octanol–water partition coefficient (Wildman–Crippen LogP) is 4.35. The van der Waals surface area contributed by atoms with Gasteiger partial charge in [-0.15, -0.1) is 0 Å². The van der Waals surface area contributed by atoms with Crippen LogP contribution in [-0.4, -0.2) is 29.4 Å². The van der Waals surface area contributed by atoms with Crippen LogP contribution in [0.25, 0.3) is 0 Å². The molecule has 4 bridgehead atoms. The molecule has 0 aromatic rings. The summed E-state index contributed by atoms with van der Waals surface area (Å²) in [4.78, 5) is 24.4. The van der Waals surface area contributed by atoms with Gasteiger partial charge in [-0.05, 0) is 74.5 Å². The summed E-state index contributed by atoms with van der Waals surface area (Å²) < 4.78 is 5.61. The maximum Gasteiger partial charge on any atom is 0.306 e. The molecule has 26 heavy (non-hydrogen) atoms. The van der Waals surface area contributed by atoms with Gasteiger partial charge in [0.1, 0.15) is 0 Å². The van der Waals surface area contributed by atoms with Crippen molar-refractivity contribution in [3.8, 4) is 0 Å². The summed E-state index contributed by atoms with van der Waals surface area (Å²) in [5, 5.41) is 2.95. The predicted molar refractivity (Wildman–Crippen MR) is 104 cm³/mol. The lowest BCUT2D eigenvalue weighted by Crippen LogP contribution is -2.53. The molecule has 0 unspecified atom stereocenters. The number of alkyl halides is 1. The lowest BCUT2D eigenvalue weighted by Gasteiger charge is -2.60. The van der Waals surface area contributed by atoms with Gasteiger partial charge in [0.2, 0.25) is 0 Å². The molecule has 0 aliphatic heterocycles. The molecule has 2 atom stereocenters. The van der Waals surface area contributed by atoms with Crippen LogP contribution in [0.3, 0.4) is 0 Å². The van der Waals surface area contributed by atoms with Gasteiger partial charge in [0, 0.05) is 10.9 Å². The molecule has 1 N–H and O–H groups in total. The maximum atomic E-state index is 12.4. The summed E-state index contributed by atoms with van der Waals surface area (Å²) in [5.41, 5.74) is 0.114. The van der Waals surface area contributed by atoms with E-state index < -0.39 is 0 Å². The van der Waals surface area contributed by atoms with Crippen molar-refractivity contribution in [2.75, 3.05) is 13.2 Å². The maximum absolute atomic E-state index is 12.4. The van der Waals surface area contributed by atoms with Gasteiger partial charge in [0.25, 0.3) is 5.91 Å². The van der Waals surface area contributed by atoms with Gasteiger partial charge in [-0.25, -0.2) is 0 Å². The quantitative estimate of drug-likeness (QED) is 0.508. The normalized spacial score (nSPS) is 39.0. The summed E-state index contributed by atoms with van der Waals surface area (Å²) in [6.07, 6.45) is 14.1. The van der Waals surface area contributed by atoms with E-state index in [4.69, 9.17) is 4.74 Å². The van der Waals surface area contributed by atoms with Crippen molar-refractivity contribution in [3.05, 3.63) is 0 Å². The molecule has 0 radical (unpaired) electrons. The lowest BCUT2D eigenvalue weighted by molar-refractivity contribution is -0.154. The van der Waals surface area contributed by atoms with Crippen LogP contribution in [0, 0.1) is 23.2 Å². The van der Waals surface area contributed by atoms with E-state index in [1.54, 1.807) is 0 Å². The molecule has 146 valence electrons. The van der Waals surface area contributed by atoms with E-state index in [1.807, 2.05) is 0 Å². The van der Waals surface area contributed by atoms with Crippen molar-refractivity contribution in [2.24, 2.45) is 23.2 Å². The molecule has 5 aliphatic rings. The zero-order valence-corrected chi connectivity index (χ0v) is 17.3. The van der Waals surface area contributed by atoms with Crippen LogP contribution in [-0.2, 0) is 14.3 Å². The minimum absolute atomic E-state index is 0.114. The standard InChI is InChI=1S/C21H32BrNO3/c22-21-9-16-6-17(10-21)8-20(7-16,14-21)11-19(25)26-13-18(24)23-12-15-4-2-1-3-5-15/h15-17H,1-14H2,(H,23,24)/t16-,17-,20?,21?/m0/s1. The first-order chi connectivity index (χ1) is 12.4. The minimum Gasteiger partial charge on any atom is -0.456 e. The molecule has 5 fully saturated rings. The number of carbonyl (C=O) groups is 2. The van der Waals surface area contributed by atoms with Crippen molar-refractivity contribution < 1.29 is 14.3 Å². The third-order valence-electron chi connectivity index (χ3n) is 7.31. The largest absolute Gasteiger partial charge is 0.456 e. The van der Waals surface area contributed by atoms with E-state index in [0.29, 0.717) is 12.3 Å². The summed E-state index contributed by atoms with van der Waals surface area (Å²) in [5.74, 6) is 1.80. The number of esters is 1. The van der Waals surface area contributed by atoms with Crippen molar-refractivity contribution >= 4 is 27.8 Å². The van der Waals surface area contributed by atoms with Gasteiger partial charge >= 0.3 is 5.97 Å². The molecule has 0 aromatic carbocycles. The zero-order chi connectivity index (χ0) is 18.2. The van der Waals surface area contributed by atoms with E-state index >= 15 is 0 Å². The first-order valence-corrected chi connectivity index (χ1v) is 11.3. The Morgan fingerprint density at radius 2 is 1.73 bits per heavy atom. The van der Waals surface area contributed by atoms with E-state index in [0.717, 1.165) is 24.8 Å².